The van der Waals surface area contributed by atoms with Crippen LogP contribution in [-0.4, -0.2) is 10.6 Å². The van der Waals surface area contributed by atoms with E-state index in [9.17, 15) is 0 Å². The van der Waals surface area contributed by atoms with Crippen molar-refractivity contribution in [2.24, 2.45) is 0 Å². The minimum absolute atomic E-state index is 0.219. The van der Waals surface area contributed by atoms with E-state index in [-0.39, 0.29) is 12.1 Å². The van der Waals surface area contributed by atoms with E-state index in [0.29, 0.717) is 0 Å². The first-order chi connectivity index (χ1) is 35.7. The molecule has 0 spiro atoms. The van der Waals surface area contributed by atoms with Crippen LogP contribution in [0.4, 0.5) is 39.8 Å². The fourth-order valence-electron chi connectivity index (χ4n) is 11.8. The summed E-state index contributed by atoms with van der Waals surface area (Å²) in [5.74, 6) is 0. The van der Waals surface area contributed by atoms with E-state index in [1.165, 1.54) is 82.7 Å². The molecule has 0 bridgehead atoms. The number of aromatic nitrogens is 1. The minimum atomic E-state index is 0.219. The Morgan fingerprint density at radius 3 is 1.72 bits per heavy atom. The van der Waals surface area contributed by atoms with E-state index < -0.39 is 0 Å². The van der Waals surface area contributed by atoms with Gasteiger partial charge in [-0.2, -0.15) is 0 Å². The highest BCUT2D eigenvalue weighted by atomic mass is 15.2. The molecule has 10 aromatic carbocycles. The van der Waals surface area contributed by atoms with Crippen LogP contribution in [0.3, 0.4) is 0 Å². The summed E-state index contributed by atoms with van der Waals surface area (Å²) >= 11 is 0. The maximum atomic E-state index is 2.52. The van der Waals surface area contributed by atoms with E-state index in [1.54, 1.807) is 0 Å². The number of para-hydroxylation sites is 3. The second-order valence-electron chi connectivity index (χ2n) is 19.2. The first kappa shape index (κ1) is 41.8. The highest BCUT2D eigenvalue weighted by Gasteiger charge is 2.37. The van der Waals surface area contributed by atoms with Gasteiger partial charge in [-0.1, -0.05) is 182 Å². The van der Waals surface area contributed by atoms with Crippen molar-refractivity contribution >= 4 is 88.7 Å². The van der Waals surface area contributed by atoms with Gasteiger partial charge in [0.05, 0.1) is 23.5 Å². The second kappa shape index (κ2) is 17.4. The van der Waals surface area contributed by atoms with Gasteiger partial charge in [0.25, 0.3) is 0 Å². The summed E-state index contributed by atoms with van der Waals surface area (Å²) in [7, 11) is 0. The van der Waals surface area contributed by atoms with Crippen molar-refractivity contribution in [1.82, 2.24) is 4.57 Å². The number of nitrogens with zero attached hydrogens (tertiary/aromatic N) is 4. The molecule has 3 aliphatic rings. The number of benzene rings is 10. The van der Waals surface area contributed by atoms with Gasteiger partial charge in [0.2, 0.25) is 0 Å². The average molecular weight is 923 g/mol. The van der Waals surface area contributed by atoms with Crippen molar-refractivity contribution in [2.75, 3.05) is 14.7 Å². The monoisotopic (exact) mass is 922 g/mol. The molecule has 2 unspecified atom stereocenters. The van der Waals surface area contributed by atoms with Crippen LogP contribution in [0.25, 0.3) is 60.1 Å². The van der Waals surface area contributed by atoms with Crippen molar-refractivity contribution in [3.05, 3.63) is 278 Å². The number of anilines is 7. The molecule has 0 saturated heterocycles. The van der Waals surface area contributed by atoms with E-state index in [2.05, 4.69) is 286 Å². The maximum absolute atomic E-state index is 2.52. The second-order valence-corrected chi connectivity index (χ2v) is 19.2. The van der Waals surface area contributed by atoms with Crippen LogP contribution in [0.1, 0.15) is 24.4 Å². The predicted molar refractivity (Wildman–Crippen MR) is 305 cm³/mol. The lowest BCUT2D eigenvalue weighted by molar-refractivity contribution is 0.648. The maximum Gasteiger partial charge on any atom is 0.0634 e. The number of hydrogen-bond acceptors (Lipinski definition) is 3. The van der Waals surface area contributed by atoms with Crippen LogP contribution < -0.4 is 14.7 Å². The molecule has 2 atom stereocenters. The molecular formula is C68H50N4. The predicted octanol–water partition coefficient (Wildman–Crippen LogP) is 18.3. The molecule has 72 heavy (non-hydrogen) atoms. The zero-order valence-corrected chi connectivity index (χ0v) is 39.8. The normalized spacial score (nSPS) is 16.0. The lowest BCUT2D eigenvalue weighted by atomic mass is 9.93. The van der Waals surface area contributed by atoms with Crippen molar-refractivity contribution in [3.63, 3.8) is 0 Å². The third-order valence-electron chi connectivity index (χ3n) is 15.1. The zero-order valence-electron chi connectivity index (χ0n) is 39.8. The van der Waals surface area contributed by atoms with Crippen molar-refractivity contribution in [1.29, 1.82) is 0 Å². The van der Waals surface area contributed by atoms with Crippen LogP contribution in [0, 0.1) is 0 Å². The Balaban J connectivity index is 0.843. The summed E-state index contributed by atoms with van der Waals surface area (Å²) in [4.78, 5) is 7.42. The van der Waals surface area contributed by atoms with Crippen molar-refractivity contribution < 1.29 is 0 Å². The fraction of sp³-hybridized carbons (Fsp3) is 0.0588. The summed E-state index contributed by atoms with van der Waals surface area (Å²) in [6.45, 7) is 0. The van der Waals surface area contributed by atoms with Gasteiger partial charge in [-0.15, -0.1) is 0 Å². The molecule has 0 N–H and O–H groups in total. The third kappa shape index (κ3) is 6.98. The standard InChI is InChI=1S/C68H50N4/c1-3-21-51(22-4-1)71-65-29-13-11-27-59(65)61-45-55(41-43-67(61)71)69(63-31-15-19-49-17-7-9-25-57(49)63)53-37-33-47(34-38-53)48-35-39-54(40-36-48)70(64-32-16-20-50-18-8-10-26-58(50)64)56-42-44-68-62(46-56)60-28-12-14-30-66(60)72(68)52-23-5-2-6-24-52/h1-23,25-42,44-46,52,67H,24,43H2. The fourth-order valence-corrected chi connectivity index (χ4v) is 11.8. The lowest BCUT2D eigenvalue weighted by Crippen LogP contribution is -2.29. The first-order valence-electron chi connectivity index (χ1n) is 25.2. The van der Waals surface area contributed by atoms with Gasteiger partial charge in [-0.3, -0.25) is 0 Å². The van der Waals surface area contributed by atoms with Crippen LogP contribution >= 0.6 is 0 Å². The Morgan fingerprint density at radius 1 is 0.431 bits per heavy atom. The number of fused-ring (bicyclic) bond motifs is 8. The van der Waals surface area contributed by atoms with E-state index >= 15 is 0 Å². The molecule has 4 nitrogen and oxygen atoms in total. The van der Waals surface area contributed by atoms with Crippen molar-refractivity contribution in [2.45, 2.75) is 24.9 Å². The summed E-state index contributed by atoms with van der Waals surface area (Å²) in [5, 5.41) is 7.39. The van der Waals surface area contributed by atoms with Gasteiger partial charge in [-0.05, 0) is 125 Å². The quantitative estimate of drug-likeness (QED) is 0.143. The molecule has 11 aromatic rings. The largest absolute Gasteiger partial charge is 0.333 e. The zero-order chi connectivity index (χ0) is 47.5. The van der Waals surface area contributed by atoms with Crippen LogP contribution in [0.15, 0.2) is 273 Å². The molecule has 2 aliphatic carbocycles. The number of hydrogen-bond donors (Lipinski definition) is 0. The Labute approximate surface area is 420 Å². The van der Waals surface area contributed by atoms with Crippen molar-refractivity contribution in [3.8, 4) is 11.1 Å². The van der Waals surface area contributed by atoms with Gasteiger partial charge in [0, 0.05) is 72.3 Å². The highest BCUT2D eigenvalue weighted by Crippen LogP contribution is 2.50. The van der Waals surface area contributed by atoms with Crippen LogP contribution in [0.2, 0.25) is 0 Å². The molecule has 1 aliphatic heterocycles. The molecular weight excluding hydrogens is 873 g/mol. The number of rotatable bonds is 9. The Kier molecular flexibility index (Phi) is 10.1. The number of allylic oxidation sites excluding steroid dienone is 5. The lowest BCUT2D eigenvalue weighted by Gasteiger charge is -2.33. The third-order valence-corrected chi connectivity index (χ3v) is 15.1. The van der Waals surface area contributed by atoms with Crippen LogP contribution in [-0.2, 0) is 0 Å². The molecule has 0 saturated carbocycles. The Bertz CT molecular complexity index is 3990. The van der Waals surface area contributed by atoms with Gasteiger partial charge in [-0.25, -0.2) is 0 Å². The molecule has 342 valence electrons. The summed E-state index contributed by atoms with van der Waals surface area (Å²) < 4.78 is 2.52. The highest BCUT2D eigenvalue weighted by molar-refractivity contribution is 6.10. The molecule has 1 aromatic heterocycles. The van der Waals surface area contributed by atoms with E-state index in [4.69, 9.17) is 0 Å². The summed E-state index contributed by atoms with van der Waals surface area (Å²) in [5.41, 5.74) is 16.8. The molecule has 0 fully saturated rings. The molecule has 4 heteroatoms. The molecule has 0 amide bonds. The first-order valence-corrected chi connectivity index (χ1v) is 25.2. The van der Waals surface area contributed by atoms with Gasteiger partial charge >= 0.3 is 0 Å². The van der Waals surface area contributed by atoms with Gasteiger partial charge in [0.1, 0.15) is 0 Å². The van der Waals surface area contributed by atoms with E-state index in [1.807, 2.05) is 0 Å². The minimum Gasteiger partial charge on any atom is -0.333 e. The summed E-state index contributed by atoms with van der Waals surface area (Å²) in [6.07, 6.45) is 15.7. The van der Waals surface area contributed by atoms with Crippen LogP contribution in [0.5, 0.6) is 0 Å². The Morgan fingerprint density at radius 2 is 1.01 bits per heavy atom. The Hall–Kier alpha value is -9.12. The molecule has 14 rings (SSSR count). The molecule has 2 heterocycles. The van der Waals surface area contributed by atoms with E-state index in [0.717, 1.165) is 41.3 Å². The summed E-state index contributed by atoms with van der Waals surface area (Å²) in [6, 6.07) is 85.2. The SMILES string of the molecule is C1=CCC(n2c3ccccc3c3cc(N(c4ccc(-c5ccc(N(C6=CCC7C(=C6)c6ccccc6N7c6ccccc6)c6cccc7ccccc67)cc5)cc4)c4cccc5ccccc45)ccc32)C=C1. The molecule has 0 radical (unpaired) electrons. The topological polar surface area (TPSA) is 14.7 Å². The smallest absolute Gasteiger partial charge is 0.0634 e. The average Bonchev–Trinajstić information content (AvgIpc) is 3.96. The van der Waals surface area contributed by atoms with Gasteiger partial charge < -0.3 is 19.3 Å². The van der Waals surface area contributed by atoms with Gasteiger partial charge in [0.15, 0.2) is 0 Å².